The Morgan fingerprint density at radius 2 is 1.74 bits per heavy atom. The van der Waals surface area contributed by atoms with Gasteiger partial charge in [-0.25, -0.2) is 13.6 Å². The molecule has 1 atom stereocenters. The van der Waals surface area contributed by atoms with Gasteiger partial charge in [-0.05, 0) is 24.1 Å². The van der Waals surface area contributed by atoms with Gasteiger partial charge in [0.15, 0.2) is 0 Å². The van der Waals surface area contributed by atoms with Gasteiger partial charge in [0, 0.05) is 17.9 Å². The number of carbonyl (C=O) groups is 1. The Hall–Kier alpha value is -2.47. The van der Waals surface area contributed by atoms with E-state index in [-0.39, 0.29) is 23.9 Å². The summed E-state index contributed by atoms with van der Waals surface area (Å²) < 4.78 is 25.3. The third kappa shape index (κ3) is 5.03. The van der Waals surface area contributed by atoms with E-state index in [1.807, 2.05) is 30.3 Å². The second-order valence-corrected chi connectivity index (χ2v) is 5.00. The van der Waals surface area contributed by atoms with E-state index in [0.29, 0.717) is 6.42 Å². The van der Waals surface area contributed by atoms with Crippen LogP contribution >= 0.6 is 0 Å². The van der Waals surface area contributed by atoms with Gasteiger partial charge in [-0.3, -0.25) is 0 Å². The van der Waals surface area contributed by atoms with Crippen molar-refractivity contribution in [2.75, 3.05) is 11.9 Å². The first kappa shape index (κ1) is 16.9. The van der Waals surface area contributed by atoms with Gasteiger partial charge in [-0.2, -0.15) is 0 Å². The maximum absolute atomic E-state index is 12.7. The molecule has 0 bridgehead atoms. The molecule has 0 heterocycles. The van der Waals surface area contributed by atoms with Crippen LogP contribution in [0.5, 0.6) is 0 Å². The molecular formula is C17H18F2N2O2. The molecule has 0 spiro atoms. The molecule has 0 saturated heterocycles. The highest BCUT2D eigenvalue weighted by Gasteiger charge is 2.14. The van der Waals surface area contributed by atoms with Crippen molar-refractivity contribution in [2.45, 2.75) is 18.9 Å². The van der Waals surface area contributed by atoms with Crippen LogP contribution in [0.4, 0.5) is 19.3 Å². The summed E-state index contributed by atoms with van der Waals surface area (Å²) in [5.41, 5.74) is 0.993. The van der Waals surface area contributed by atoms with Gasteiger partial charge in [0.2, 0.25) is 0 Å². The number of halogens is 2. The van der Waals surface area contributed by atoms with E-state index in [9.17, 15) is 13.6 Å². The minimum Gasteiger partial charge on any atom is -0.396 e. The molecule has 2 rings (SSSR count). The molecular weight excluding hydrogens is 302 g/mol. The number of aliphatic hydroxyl groups excluding tert-OH is 1. The van der Waals surface area contributed by atoms with Crippen molar-refractivity contribution in [1.29, 1.82) is 0 Å². The Morgan fingerprint density at radius 3 is 2.39 bits per heavy atom. The van der Waals surface area contributed by atoms with E-state index < -0.39 is 12.5 Å². The van der Waals surface area contributed by atoms with Crippen LogP contribution in [0.2, 0.25) is 0 Å². The van der Waals surface area contributed by atoms with Gasteiger partial charge in [-0.15, -0.1) is 0 Å². The Bertz CT molecular complexity index is 636. The lowest BCUT2D eigenvalue weighted by molar-refractivity contribution is 0.151. The van der Waals surface area contributed by atoms with Crippen molar-refractivity contribution in [3.8, 4) is 0 Å². The molecule has 6 heteroatoms. The zero-order valence-electron chi connectivity index (χ0n) is 12.4. The van der Waals surface area contributed by atoms with E-state index in [1.54, 1.807) is 0 Å². The SMILES string of the molecule is O=C(Nc1cccc(C(F)F)c1)N[C@H](CCO)c1ccccc1. The molecule has 0 aliphatic heterocycles. The molecule has 2 aromatic carbocycles. The minimum atomic E-state index is -2.59. The molecule has 0 radical (unpaired) electrons. The molecule has 3 N–H and O–H groups in total. The number of hydrogen-bond donors (Lipinski definition) is 3. The summed E-state index contributed by atoms with van der Waals surface area (Å²) in [7, 11) is 0. The number of urea groups is 1. The molecule has 0 aromatic heterocycles. The van der Waals surface area contributed by atoms with Gasteiger partial charge >= 0.3 is 6.03 Å². The molecule has 4 nitrogen and oxygen atoms in total. The van der Waals surface area contributed by atoms with Crippen LogP contribution < -0.4 is 10.6 Å². The number of rotatable bonds is 6. The van der Waals surface area contributed by atoms with Gasteiger partial charge < -0.3 is 15.7 Å². The van der Waals surface area contributed by atoms with Crippen molar-refractivity contribution < 1.29 is 18.7 Å². The maximum atomic E-state index is 12.7. The summed E-state index contributed by atoms with van der Waals surface area (Å²) in [5.74, 6) is 0. The third-order valence-corrected chi connectivity index (χ3v) is 3.32. The number of anilines is 1. The van der Waals surface area contributed by atoms with Gasteiger partial charge in [0.05, 0.1) is 6.04 Å². The maximum Gasteiger partial charge on any atom is 0.319 e. The largest absolute Gasteiger partial charge is 0.396 e. The number of alkyl halides is 2. The molecule has 23 heavy (non-hydrogen) atoms. The fraction of sp³-hybridized carbons (Fsp3) is 0.235. The average Bonchev–Trinajstić information content (AvgIpc) is 2.55. The lowest BCUT2D eigenvalue weighted by Crippen LogP contribution is -2.33. The predicted octanol–water partition coefficient (Wildman–Crippen LogP) is 3.87. The van der Waals surface area contributed by atoms with Crippen LogP contribution in [0.15, 0.2) is 54.6 Å². The van der Waals surface area contributed by atoms with Crippen LogP contribution in [-0.2, 0) is 0 Å². The molecule has 0 unspecified atom stereocenters. The summed E-state index contributed by atoms with van der Waals surface area (Å²) >= 11 is 0. The Labute approximate surface area is 133 Å². The predicted molar refractivity (Wildman–Crippen MR) is 84.4 cm³/mol. The Morgan fingerprint density at radius 1 is 1.04 bits per heavy atom. The van der Waals surface area contributed by atoms with Gasteiger partial charge in [0.25, 0.3) is 6.43 Å². The third-order valence-electron chi connectivity index (χ3n) is 3.32. The summed E-state index contributed by atoms with van der Waals surface area (Å²) in [6, 6.07) is 13.9. The molecule has 0 saturated carbocycles. The van der Waals surface area contributed by atoms with E-state index in [0.717, 1.165) is 5.56 Å². The normalized spacial score (nSPS) is 12.0. The van der Waals surface area contributed by atoms with E-state index in [1.165, 1.54) is 24.3 Å². The van der Waals surface area contributed by atoms with Crippen LogP contribution in [0, 0.1) is 0 Å². The standard InChI is InChI=1S/C17H18F2N2O2/c18-16(19)13-7-4-8-14(11-13)20-17(23)21-15(9-10-22)12-5-2-1-3-6-12/h1-8,11,15-16,22H,9-10H2,(H2,20,21,23)/t15-/m1/s1. The molecule has 122 valence electrons. The van der Waals surface area contributed by atoms with Crippen molar-refractivity contribution in [1.82, 2.24) is 5.32 Å². The summed E-state index contributed by atoms with van der Waals surface area (Å²) in [4.78, 5) is 12.1. The monoisotopic (exact) mass is 320 g/mol. The summed E-state index contributed by atoms with van der Waals surface area (Å²) in [6.45, 7) is -0.0826. The van der Waals surface area contributed by atoms with Crippen molar-refractivity contribution >= 4 is 11.7 Å². The zero-order chi connectivity index (χ0) is 16.7. The summed E-state index contributed by atoms with van der Waals surface area (Å²) in [6.07, 6.45) is -2.24. The summed E-state index contributed by atoms with van der Waals surface area (Å²) in [5, 5.41) is 14.4. The first-order chi connectivity index (χ1) is 11.1. The zero-order valence-corrected chi connectivity index (χ0v) is 12.4. The smallest absolute Gasteiger partial charge is 0.319 e. The van der Waals surface area contributed by atoms with Gasteiger partial charge in [0.1, 0.15) is 0 Å². The fourth-order valence-electron chi connectivity index (χ4n) is 2.21. The highest BCUT2D eigenvalue weighted by atomic mass is 19.3. The molecule has 0 aliphatic carbocycles. The topological polar surface area (TPSA) is 61.4 Å². The van der Waals surface area contributed by atoms with Crippen LogP contribution in [0.3, 0.4) is 0 Å². The number of nitrogens with one attached hydrogen (secondary N) is 2. The first-order valence-corrected chi connectivity index (χ1v) is 7.21. The second-order valence-electron chi connectivity index (χ2n) is 5.00. The second kappa shape index (κ2) is 8.24. The highest BCUT2D eigenvalue weighted by molar-refractivity contribution is 5.89. The number of aliphatic hydroxyl groups is 1. The Kier molecular flexibility index (Phi) is 6.05. The first-order valence-electron chi connectivity index (χ1n) is 7.21. The molecule has 2 aromatic rings. The lowest BCUT2D eigenvalue weighted by atomic mass is 10.0. The van der Waals surface area contributed by atoms with E-state index in [4.69, 9.17) is 5.11 Å². The van der Waals surface area contributed by atoms with Crippen LogP contribution in [-0.4, -0.2) is 17.7 Å². The number of amides is 2. The van der Waals surface area contributed by atoms with Gasteiger partial charge in [-0.1, -0.05) is 42.5 Å². The highest BCUT2D eigenvalue weighted by Crippen LogP contribution is 2.22. The van der Waals surface area contributed by atoms with Crippen LogP contribution in [0.25, 0.3) is 0 Å². The molecule has 0 fully saturated rings. The van der Waals surface area contributed by atoms with Crippen molar-refractivity contribution in [3.63, 3.8) is 0 Å². The molecule has 2 amide bonds. The van der Waals surface area contributed by atoms with Crippen molar-refractivity contribution in [2.24, 2.45) is 0 Å². The van der Waals surface area contributed by atoms with Crippen LogP contribution in [0.1, 0.15) is 30.0 Å². The van der Waals surface area contributed by atoms with E-state index >= 15 is 0 Å². The number of carbonyl (C=O) groups excluding carboxylic acids is 1. The lowest BCUT2D eigenvalue weighted by Gasteiger charge is -2.19. The minimum absolute atomic E-state index is 0.0826. The molecule has 0 aliphatic rings. The average molecular weight is 320 g/mol. The number of benzene rings is 2. The fourth-order valence-corrected chi connectivity index (χ4v) is 2.21. The number of hydrogen-bond acceptors (Lipinski definition) is 2. The van der Waals surface area contributed by atoms with E-state index in [2.05, 4.69) is 10.6 Å². The quantitative estimate of drug-likeness (QED) is 0.756. The van der Waals surface area contributed by atoms with Crippen molar-refractivity contribution in [3.05, 3.63) is 65.7 Å². The Balaban J connectivity index is 2.03.